The molecule has 0 aliphatic carbocycles. The summed E-state index contributed by atoms with van der Waals surface area (Å²) >= 11 is 5.68. The highest BCUT2D eigenvalue weighted by atomic mass is 35.5. The molecule has 0 saturated heterocycles. The van der Waals surface area contributed by atoms with Gasteiger partial charge in [0, 0.05) is 18.0 Å². The molecule has 1 N–H and O–H groups in total. The number of pyridine rings is 1. The van der Waals surface area contributed by atoms with Gasteiger partial charge in [-0.1, -0.05) is 11.6 Å². The molecule has 0 saturated carbocycles. The van der Waals surface area contributed by atoms with Crippen molar-refractivity contribution in [2.75, 3.05) is 0 Å². The zero-order valence-electron chi connectivity index (χ0n) is 6.45. The maximum Gasteiger partial charge on any atom is 0.299 e. The lowest BCUT2D eigenvalue weighted by atomic mass is 10.2. The summed E-state index contributed by atoms with van der Waals surface area (Å²) in [5.74, 6) is 0.319. The quantitative estimate of drug-likeness (QED) is 0.755. The highest BCUT2D eigenvalue weighted by molar-refractivity contribution is 6.32. The number of hydrogen-bond acceptors (Lipinski definition) is 3. The van der Waals surface area contributed by atoms with E-state index in [1.54, 1.807) is 24.5 Å². The predicted octanol–water partition coefficient (Wildman–Crippen LogP) is 1.68. The van der Waals surface area contributed by atoms with Gasteiger partial charge in [0.25, 0.3) is 5.56 Å². The van der Waals surface area contributed by atoms with Crippen molar-refractivity contribution in [3.63, 3.8) is 0 Å². The van der Waals surface area contributed by atoms with E-state index in [1.807, 2.05) is 0 Å². The molecule has 0 unspecified atom stereocenters. The molecule has 2 heterocycles. The van der Waals surface area contributed by atoms with Crippen LogP contribution in [0.15, 0.2) is 33.8 Å². The highest BCUT2D eigenvalue weighted by Crippen LogP contribution is 2.23. The summed E-state index contributed by atoms with van der Waals surface area (Å²) in [5.41, 5.74) is 0.242. The Morgan fingerprint density at radius 3 is 2.92 bits per heavy atom. The van der Waals surface area contributed by atoms with Crippen LogP contribution in [0.4, 0.5) is 0 Å². The fourth-order valence-corrected chi connectivity index (χ4v) is 1.16. The topological polar surface area (TPSA) is 58.9 Å². The molecule has 2 aromatic rings. The molecule has 4 nitrogen and oxygen atoms in total. The lowest BCUT2D eigenvalue weighted by molar-refractivity contribution is 0.426. The summed E-state index contributed by atoms with van der Waals surface area (Å²) in [6.07, 6.45) is 3.19. The number of hydrogen-bond donors (Lipinski definition) is 1. The Morgan fingerprint density at radius 2 is 2.38 bits per heavy atom. The summed E-state index contributed by atoms with van der Waals surface area (Å²) in [6, 6.07) is 3.49. The monoisotopic (exact) mass is 196 g/mol. The average molecular weight is 197 g/mol. The third-order valence-electron chi connectivity index (χ3n) is 1.57. The third-order valence-corrected chi connectivity index (χ3v) is 1.91. The first kappa shape index (κ1) is 8.07. The summed E-state index contributed by atoms with van der Waals surface area (Å²) in [6.45, 7) is 0. The first-order valence-corrected chi connectivity index (χ1v) is 3.94. The first-order chi connectivity index (χ1) is 6.29. The molecule has 0 aliphatic rings. The predicted molar refractivity (Wildman–Crippen MR) is 47.6 cm³/mol. The van der Waals surface area contributed by atoms with Crippen LogP contribution in [0.2, 0.25) is 5.02 Å². The second-order valence-electron chi connectivity index (χ2n) is 2.42. The van der Waals surface area contributed by atoms with Gasteiger partial charge < -0.3 is 4.52 Å². The summed E-state index contributed by atoms with van der Waals surface area (Å²) < 4.78 is 4.87. The molecule has 0 spiro atoms. The molecule has 2 rings (SSSR count). The van der Waals surface area contributed by atoms with Crippen LogP contribution < -0.4 is 5.56 Å². The van der Waals surface area contributed by atoms with Crippen molar-refractivity contribution in [1.82, 2.24) is 10.1 Å². The SMILES string of the molecule is O=c1[nH]oc(-c2cccnc2)c1Cl. The molecule has 0 bridgehead atoms. The normalized spacial score (nSPS) is 10.2. The van der Waals surface area contributed by atoms with E-state index in [1.165, 1.54) is 0 Å². The van der Waals surface area contributed by atoms with Crippen molar-refractivity contribution in [2.45, 2.75) is 0 Å². The van der Waals surface area contributed by atoms with E-state index in [2.05, 4.69) is 10.1 Å². The number of aromatic amines is 1. The van der Waals surface area contributed by atoms with E-state index < -0.39 is 5.56 Å². The van der Waals surface area contributed by atoms with E-state index >= 15 is 0 Å². The number of rotatable bonds is 1. The summed E-state index contributed by atoms with van der Waals surface area (Å²) in [5, 5.41) is 2.19. The van der Waals surface area contributed by atoms with E-state index in [0.717, 1.165) is 0 Å². The van der Waals surface area contributed by atoms with E-state index in [4.69, 9.17) is 16.1 Å². The van der Waals surface area contributed by atoms with Gasteiger partial charge in [0.1, 0.15) is 0 Å². The van der Waals surface area contributed by atoms with Crippen LogP contribution in [0.25, 0.3) is 11.3 Å². The Hall–Kier alpha value is -1.55. The fraction of sp³-hybridized carbons (Fsp3) is 0. The van der Waals surface area contributed by atoms with Gasteiger partial charge in [0.2, 0.25) is 0 Å². The van der Waals surface area contributed by atoms with Crippen molar-refractivity contribution < 1.29 is 4.52 Å². The van der Waals surface area contributed by atoms with Gasteiger partial charge in [-0.15, -0.1) is 0 Å². The molecule has 13 heavy (non-hydrogen) atoms. The smallest absolute Gasteiger partial charge is 0.299 e. The second-order valence-corrected chi connectivity index (χ2v) is 2.80. The molecule has 0 amide bonds. The van der Waals surface area contributed by atoms with Gasteiger partial charge in [-0.2, -0.15) is 5.16 Å². The van der Waals surface area contributed by atoms with Gasteiger partial charge in [-0.05, 0) is 12.1 Å². The van der Waals surface area contributed by atoms with Crippen molar-refractivity contribution in [1.29, 1.82) is 0 Å². The molecule has 66 valence electrons. The number of nitrogens with zero attached hydrogens (tertiary/aromatic N) is 1. The number of halogens is 1. The van der Waals surface area contributed by atoms with Gasteiger partial charge in [-0.25, -0.2) is 0 Å². The minimum absolute atomic E-state index is 0.0491. The highest BCUT2D eigenvalue weighted by Gasteiger charge is 2.11. The Bertz CT molecular complexity index is 460. The summed E-state index contributed by atoms with van der Waals surface area (Å²) in [7, 11) is 0. The van der Waals surface area contributed by atoms with Crippen LogP contribution in [-0.4, -0.2) is 10.1 Å². The molecule has 0 atom stereocenters. The van der Waals surface area contributed by atoms with Gasteiger partial charge in [-0.3, -0.25) is 9.78 Å². The van der Waals surface area contributed by atoms with E-state index in [0.29, 0.717) is 11.3 Å². The number of nitrogens with one attached hydrogen (secondary N) is 1. The van der Waals surface area contributed by atoms with Gasteiger partial charge in [0.15, 0.2) is 10.8 Å². The van der Waals surface area contributed by atoms with Crippen LogP contribution in [-0.2, 0) is 0 Å². The fourth-order valence-electron chi connectivity index (χ4n) is 0.973. The molecule has 0 fully saturated rings. The van der Waals surface area contributed by atoms with Crippen LogP contribution in [0.3, 0.4) is 0 Å². The van der Waals surface area contributed by atoms with Crippen molar-refractivity contribution in [2.24, 2.45) is 0 Å². The second kappa shape index (κ2) is 3.06. The zero-order chi connectivity index (χ0) is 9.26. The molecule has 5 heteroatoms. The van der Waals surface area contributed by atoms with Crippen molar-refractivity contribution in [3.05, 3.63) is 39.9 Å². The largest absolute Gasteiger partial charge is 0.377 e. The standard InChI is InChI=1S/C8H5ClN2O2/c9-6-7(13-11-8(6)12)5-2-1-3-10-4-5/h1-4H,(H,11,12). The van der Waals surface area contributed by atoms with E-state index in [9.17, 15) is 4.79 Å². The van der Waals surface area contributed by atoms with Gasteiger partial charge in [0.05, 0.1) is 0 Å². The van der Waals surface area contributed by atoms with Crippen LogP contribution >= 0.6 is 11.6 Å². The number of H-pyrrole nitrogens is 1. The van der Waals surface area contributed by atoms with Crippen LogP contribution in [0.1, 0.15) is 0 Å². The zero-order valence-corrected chi connectivity index (χ0v) is 7.21. The lowest BCUT2D eigenvalue weighted by Gasteiger charge is -1.92. The third kappa shape index (κ3) is 1.36. The molecule has 2 aromatic heterocycles. The average Bonchev–Trinajstić information content (AvgIpc) is 2.49. The minimum atomic E-state index is -0.430. The number of aromatic nitrogens is 2. The maximum atomic E-state index is 10.9. The van der Waals surface area contributed by atoms with Crippen molar-refractivity contribution in [3.8, 4) is 11.3 Å². The van der Waals surface area contributed by atoms with Crippen LogP contribution in [0, 0.1) is 0 Å². The molecular weight excluding hydrogens is 192 g/mol. The molecule has 0 aliphatic heterocycles. The molecule has 0 aromatic carbocycles. The summed E-state index contributed by atoms with van der Waals surface area (Å²) in [4.78, 5) is 14.8. The lowest BCUT2D eigenvalue weighted by Crippen LogP contribution is -1.96. The minimum Gasteiger partial charge on any atom is -0.377 e. The van der Waals surface area contributed by atoms with Gasteiger partial charge >= 0.3 is 0 Å². The maximum absolute atomic E-state index is 10.9. The Balaban J connectivity index is 2.60. The Morgan fingerprint density at radius 1 is 1.54 bits per heavy atom. The van der Waals surface area contributed by atoms with Crippen LogP contribution in [0.5, 0.6) is 0 Å². The first-order valence-electron chi connectivity index (χ1n) is 3.56. The van der Waals surface area contributed by atoms with Crippen molar-refractivity contribution >= 4 is 11.6 Å². The Kier molecular flexibility index (Phi) is 1.90. The Labute approximate surface area is 78.1 Å². The van der Waals surface area contributed by atoms with E-state index in [-0.39, 0.29) is 5.02 Å². The molecule has 0 radical (unpaired) electrons. The molecular formula is C8H5ClN2O2.